The maximum Gasteiger partial charge on any atom is 0.279 e. The van der Waals surface area contributed by atoms with Gasteiger partial charge in [-0.15, -0.1) is 0 Å². The Kier molecular flexibility index (Phi) is 7.63. The first kappa shape index (κ1) is 21.5. The van der Waals surface area contributed by atoms with E-state index in [-0.39, 0.29) is 24.4 Å². The van der Waals surface area contributed by atoms with E-state index in [1.165, 1.54) is 12.1 Å². The fourth-order valence-corrected chi connectivity index (χ4v) is 2.92. The van der Waals surface area contributed by atoms with Gasteiger partial charge in [-0.25, -0.2) is 8.78 Å². The van der Waals surface area contributed by atoms with Crippen LogP contribution in [0.5, 0.6) is 0 Å². The highest BCUT2D eigenvalue weighted by Gasteiger charge is 2.17. The Balaban J connectivity index is 1.96. The zero-order valence-corrected chi connectivity index (χ0v) is 16.3. The number of carbonyl (C=O) groups is 2. The summed E-state index contributed by atoms with van der Waals surface area (Å²) in [5.74, 6) is -1.63. The minimum Gasteiger partial charge on any atom is -0.339 e. The summed E-state index contributed by atoms with van der Waals surface area (Å²) in [6.07, 6.45) is 0. The first-order valence-electron chi connectivity index (χ1n) is 9.33. The number of nitrogens with one attached hydrogen (secondary N) is 1. The molecule has 0 bridgehead atoms. The van der Waals surface area contributed by atoms with Gasteiger partial charge in [0, 0.05) is 36.0 Å². The molecule has 150 valence electrons. The summed E-state index contributed by atoms with van der Waals surface area (Å²) >= 11 is 0. The first-order valence-corrected chi connectivity index (χ1v) is 9.33. The summed E-state index contributed by atoms with van der Waals surface area (Å²) in [6.45, 7) is 6.85. The Morgan fingerprint density at radius 2 is 1.82 bits per heavy atom. The SMILES string of the molecule is CCN(CC)C(=O)c1cccc(NC(=O)C[NH2+][C@H](C)c2ccc(F)cc2F)c1. The van der Waals surface area contributed by atoms with Gasteiger partial charge in [-0.2, -0.15) is 0 Å². The maximum atomic E-state index is 13.8. The van der Waals surface area contributed by atoms with E-state index in [0.717, 1.165) is 6.07 Å². The maximum absolute atomic E-state index is 13.8. The molecule has 2 rings (SSSR count). The van der Waals surface area contributed by atoms with Gasteiger partial charge in [-0.3, -0.25) is 9.59 Å². The molecule has 0 aliphatic carbocycles. The van der Waals surface area contributed by atoms with Crippen molar-refractivity contribution >= 4 is 17.5 Å². The molecule has 1 atom stereocenters. The van der Waals surface area contributed by atoms with Gasteiger partial charge in [-0.1, -0.05) is 6.07 Å². The van der Waals surface area contributed by atoms with Gasteiger partial charge >= 0.3 is 0 Å². The largest absolute Gasteiger partial charge is 0.339 e. The van der Waals surface area contributed by atoms with E-state index in [9.17, 15) is 18.4 Å². The van der Waals surface area contributed by atoms with Crippen molar-refractivity contribution in [1.82, 2.24) is 4.90 Å². The van der Waals surface area contributed by atoms with E-state index < -0.39 is 11.6 Å². The van der Waals surface area contributed by atoms with Gasteiger partial charge in [-0.05, 0) is 51.1 Å². The molecule has 2 aromatic carbocycles. The van der Waals surface area contributed by atoms with E-state index in [4.69, 9.17) is 0 Å². The predicted molar refractivity (Wildman–Crippen MR) is 104 cm³/mol. The molecule has 2 amide bonds. The van der Waals surface area contributed by atoms with Crippen LogP contribution in [0.1, 0.15) is 42.7 Å². The summed E-state index contributed by atoms with van der Waals surface area (Å²) in [5.41, 5.74) is 1.37. The van der Waals surface area contributed by atoms with Crippen molar-refractivity contribution in [3.63, 3.8) is 0 Å². The average molecular weight is 390 g/mol. The van der Waals surface area contributed by atoms with Gasteiger partial charge < -0.3 is 15.5 Å². The minimum atomic E-state index is -0.634. The number of hydrogen-bond acceptors (Lipinski definition) is 2. The lowest BCUT2D eigenvalue weighted by molar-refractivity contribution is -0.682. The minimum absolute atomic E-state index is 0.0617. The Morgan fingerprint density at radius 3 is 2.46 bits per heavy atom. The Hall–Kier alpha value is -2.80. The second-order valence-electron chi connectivity index (χ2n) is 6.50. The second-order valence-corrected chi connectivity index (χ2v) is 6.50. The standard InChI is InChI=1S/C21H25F2N3O2/c1-4-26(5-2)21(28)15-7-6-8-17(11-15)25-20(27)13-24-14(3)18-10-9-16(22)12-19(18)23/h6-12,14,24H,4-5,13H2,1-3H3,(H,25,27)/p+1/t14-/m1/s1. The lowest BCUT2D eigenvalue weighted by Crippen LogP contribution is -2.86. The third kappa shape index (κ3) is 5.60. The number of rotatable bonds is 8. The number of nitrogens with zero attached hydrogens (tertiary/aromatic N) is 1. The number of quaternary nitrogens is 1. The Morgan fingerprint density at radius 1 is 1.11 bits per heavy atom. The monoisotopic (exact) mass is 390 g/mol. The fourth-order valence-electron chi connectivity index (χ4n) is 2.92. The molecule has 7 heteroatoms. The number of hydrogen-bond donors (Lipinski definition) is 2. The highest BCUT2D eigenvalue weighted by molar-refractivity contribution is 5.97. The van der Waals surface area contributed by atoms with Crippen LogP contribution in [0.15, 0.2) is 42.5 Å². The van der Waals surface area contributed by atoms with Crippen molar-refractivity contribution in [3.8, 4) is 0 Å². The third-order valence-electron chi connectivity index (χ3n) is 4.55. The van der Waals surface area contributed by atoms with Crippen LogP contribution in [0.25, 0.3) is 0 Å². The van der Waals surface area contributed by atoms with E-state index in [2.05, 4.69) is 5.32 Å². The molecule has 0 radical (unpaired) electrons. The molecule has 0 aliphatic heterocycles. The van der Waals surface area contributed by atoms with Crippen LogP contribution >= 0.6 is 0 Å². The number of amides is 2. The summed E-state index contributed by atoms with van der Waals surface area (Å²) in [7, 11) is 0. The van der Waals surface area contributed by atoms with E-state index >= 15 is 0 Å². The van der Waals surface area contributed by atoms with Gasteiger partial charge in [0.25, 0.3) is 11.8 Å². The molecule has 0 fully saturated rings. The van der Waals surface area contributed by atoms with Crippen LogP contribution in [0.3, 0.4) is 0 Å². The predicted octanol–water partition coefficient (Wildman–Crippen LogP) is 2.71. The number of nitrogens with two attached hydrogens (primary N) is 1. The molecule has 0 spiro atoms. The highest BCUT2D eigenvalue weighted by atomic mass is 19.1. The Labute approximate surface area is 163 Å². The zero-order valence-electron chi connectivity index (χ0n) is 16.3. The van der Waals surface area contributed by atoms with Crippen LogP contribution in [-0.4, -0.2) is 36.3 Å². The van der Waals surface area contributed by atoms with E-state index in [1.807, 2.05) is 13.8 Å². The third-order valence-corrected chi connectivity index (χ3v) is 4.55. The molecule has 0 saturated carbocycles. The highest BCUT2D eigenvalue weighted by Crippen LogP contribution is 2.15. The number of benzene rings is 2. The fraction of sp³-hybridized carbons (Fsp3) is 0.333. The van der Waals surface area contributed by atoms with Crippen LogP contribution < -0.4 is 10.6 Å². The summed E-state index contributed by atoms with van der Waals surface area (Å²) in [4.78, 5) is 26.3. The average Bonchev–Trinajstić information content (AvgIpc) is 2.67. The molecule has 5 nitrogen and oxygen atoms in total. The molecule has 2 aromatic rings. The van der Waals surface area contributed by atoms with Crippen molar-refractivity contribution < 1.29 is 23.7 Å². The quantitative estimate of drug-likeness (QED) is 0.728. The van der Waals surface area contributed by atoms with Crippen molar-refractivity contribution in [2.24, 2.45) is 0 Å². The lowest BCUT2D eigenvalue weighted by Gasteiger charge is -2.19. The molecule has 3 N–H and O–H groups in total. The summed E-state index contributed by atoms with van der Waals surface area (Å²) in [5, 5.41) is 4.41. The lowest BCUT2D eigenvalue weighted by atomic mass is 10.1. The second kappa shape index (κ2) is 9.94. The van der Waals surface area contributed by atoms with Crippen molar-refractivity contribution in [1.29, 1.82) is 0 Å². The van der Waals surface area contributed by atoms with Crippen LogP contribution in [-0.2, 0) is 4.79 Å². The molecule has 0 heterocycles. The van der Waals surface area contributed by atoms with Crippen LogP contribution in [0.2, 0.25) is 0 Å². The van der Waals surface area contributed by atoms with Crippen molar-refractivity contribution in [2.75, 3.05) is 25.0 Å². The number of anilines is 1. The van der Waals surface area contributed by atoms with Gasteiger partial charge in [0.1, 0.15) is 17.7 Å². The molecular weight excluding hydrogens is 364 g/mol. The summed E-state index contributed by atoms with van der Waals surface area (Å²) in [6, 6.07) is 9.84. The van der Waals surface area contributed by atoms with Crippen molar-refractivity contribution in [3.05, 3.63) is 65.2 Å². The van der Waals surface area contributed by atoms with Crippen LogP contribution in [0, 0.1) is 11.6 Å². The molecule has 0 aliphatic rings. The van der Waals surface area contributed by atoms with Gasteiger partial charge in [0.05, 0.1) is 0 Å². The summed E-state index contributed by atoms with van der Waals surface area (Å²) < 4.78 is 26.8. The van der Waals surface area contributed by atoms with Gasteiger partial charge in [0.15, 0.2) is 6.54 Å². The normalized spacial score (nSPS) is 11.8. The topological polar surface area (TPSA) is 66.0 Å². The van der Waals surface area contributed by atoms with E-state index in [1.54, 1.807) is 41.4 Å². The van der Waals surface area contributed by atoms with E-state index in [0.29, 0.717) is 29.9 Å². The molecule has 28 heavy (non-hydrogen) atoms. The molecular formula is C21H26F2N3O2+. The number of halogens is 2. The van der Waals surface area contributed by atoms with Crippen LogP contribution in [0.4, 0.5) is 14.5 Å². The van der Waals surface area contributed by atoms with Crippen molar-refractivity contribution in [2.45, 2.75) is 26.8 Å². The molecule has 0 saturated heterocycles. The molecule has 0 unspecified atom stereocenters. The number of carbonyl (C=O) groups excluding carboxylic acids is 2. The first-order chi connectivity index (χ1) is 13.3. The smallest absolute Gasteiger partial charge is 0.279 e. The van der Waals surface area contributed by atoms with Gasteiger partial charge in [0.2, 0.25) is 0 Å². The Bertz CT molecular complexity index is 838. The zero-order chi connectivity index (χ0) is 20.7. The molecule has 0 aromatic heterocycles.